The lowest BCUT2D eigenvalue weighted by molar-refractivity contribution is -0.129. The second-order valence-corrected chi connectivity index (χ2v) is 7.82. The van der Waals surface area contributed by atoms with Crippen molar-refractivity contribution < 1.29 is 14.3 Å². The van der Waals surface area contributed by atoms with Gasteiger partial charge in [0.15, 0.2) is 5.76 Å². The molecule has 25 heavy (non-hydrogen) atoms. The minimum Gasteiger partial charge on any atom is -0.455 e. The lowest BCUT2D eigenvalue weighted by Crippen LogP contribution is -2.33. The second kappa shape index (κ2) is 7.14. The highest BCUT2D eigenvalue weighted by Crippen LogP contribution is 2.39. The maximum atomic E-state index is 12.3. The average Bonchev–Trinajstić information content (AvgIpc) is 3.24. The molecule has 2 aliphatic heterocycles. The van der Waals surface area contributed by atoms with Crippen LogP contribution in [0.1, 0.15) is 17.4 Å². The van der Waals surface area contributed by atoms with Crippen LogP contribution < -0.4 is 0 Å². The van der Waals surface area contributed by atoms with Crippen LogP contribution in [0.4, 0.5) is 0 Å². The van der Waals surface area contributed by atoms with Crippen LogP contribution in [0.2, 0.25) is 0 Å². The predicted octanol–water partition coefficient (Wildman–Crippen LogP) is 4.44. The number of thioether (sulfide) groups is 1. The molecule has 2 aromatic carbocycles. The molecule has 128 valence electrons. The molecule has 0 aromatic heterocycles. The fourth-order valence-electron chi connectivity index (χ4n) is 2.87. The zero-order valence-corrected chi connectivity index (χ0v) is 15.7. The monoisotopic (exact) mass is 417 g/mol. The van der Waals surface area contributed by atoms with Crippen LogP contribution in [-0.4, -0.2) is 21.9 Å². The number of hydrogen-bond donors (Lipinski definition) is 0. The predicted molar refractivity (Wildman–Crippen MR) is 100 cm³/mol. The summed E-state index contributed by atoms with van der Waals surface area (Å²) < 4.78 is 12.7. The molecule has 0 saturated carbocycles. The summed E-state index contributed by atoms with van der Waals surface area (Å²) in [5, 5.41) is -0.148. The minimum atomic E-state index is -0.470. The largest absolute Gasteiger partial charge is 0.455 e. The molecular weight excluding hydrogens is 402 g/mol. The normalized spacial score (nSPS) is 22.5. The van der Waals surface area contributed by atoms with Gasteiger partial charge in [0.25, 0.3) is 6.29 Å². The minimum absolute atomic E-state index is 0.120. The van der Waals surface area contributed by atoms with Crippen molar-refractivity contribution >= 4 is 33.6 Å². The Morgan fingerprint density at radius 3 is 2.80 bits per heavy atom. The fourth-order valence-corrected chi connectivity index (χ4v) is 4.40. The van der Waals surface area contributed by atoms with Crippen LogP contribution >= 0.6 is 27.7 Å². The topological polar surface area (TPSA) is 38.8 Å². The van der Waals surface area contributed by atoms with E-state index in [1.165, 1.54) is 0 Å². The third-order valence-corrected chi connectivity index (χ3v) is 5.79. The Labute approximate surface area is 158 Å². The van der Waals surface area contributed by atoms with Gasteiger partial charge in [-0.3, -0.25) is 4.79 Å². The first kappa shape index (κ1) is 16.5. The Morgan fingerprint density at radius 2 is 2.00 bits per heavy atom. The molecule has 0 radical (unpaired) electrons. The van der Waals surface area contributed by atoms with Gasteiger partial charge in [0.05, 0.1) is 5.75 Å². The Hall–Kier alpha value is -1.92. The van der Waals surface area contributed by atoms with E-state index in [9.17, 15) is 4.79 Å². The first-order chi connectivity index (χ1) is 12.2. The number of benzene rings is 2. The van der Waals surface area contributed by atoms with Crippen LogP contribution in [0, 0.1) is 0 Å². The van der Waals surface area contributed by atoms with Crippen LogP contribution in [0.5, 0.6) is 0 Å². The van der Waals surface area contributed by atoms with Crippen LogP contribution in [0.25, 0.3) is 0 Å². The van der Waals surface area contributed by atoms with Crippen molar-refractivity contribution in [2.75, 3.05) is 5.75 Å². The van der Waals surface area contributed by atoms with Crippen molar-refractivity contribution in [1.29, 1.82) is 0 Å². The molecule has 2 aliphatic rings. The van der Waals surface area contributed by atoms with E-state index in [1.54, 1.807) is 18.0 Å². The molecule has 0 spiro atoms. The molecule has 1 amide bonds. The van der Waals surface area contributed by atoms with Crippen molar-refractivity contribution in [2.45, 2.75) is 18.2 Å². The summed E-state index contributed by atoms with van der Waals surface area (Å²) in [6.45, 7) is 0.569. The Morgan fingerprint density at radius 1 is 1.16 bits per heavy atom. The number of rotatable bonds is 4. The van der Waals surface area contributed by atoms with E-state index >= 15 is 0 Å². The summed E-state index contributed by atoms with van der Waals surface area (Å²) in [4.78, 5) is 14.2. The highest BCUT2D eigenvalue weighted by molar-refractivity contribution is 9.10. The first-order valence-corrected chi connectivity index (χ1v) is 9.77. The molecule has 0 bridgehead atoms. The van der Waals surface area contributed by atoms with E-state index in [4.69, 9.17) is 9.47 Å². The van der Waals surface area contributed by atoms with Crippen molar-refractivity contribution in [3.8, 4) is 0 Å². The van der Waals surface area contributed by atoms with Crippen LogP contribution in [0.3, 0.4) is 0 Å². The van der Waals surface area contributed by atoms with E-state index in [-0.39, 0.29) is 11.3 Å². The van der Waals surface area contributed by atoms with E-state index in [2.05, 4.69) is 15.9 Å². The van der Waals surface area contributed by atoms with Gasteiger partial charge in [-0.25, -0.2) is 0 Å². The van der Waals surface area contributed by atoms with Crippen molar-refractivity contribution in [3.63, 3.8) is 0 Å². The maximum Gasteiger partial charge on any atom is 0.266 e. The highest BCUT2D eigenvalue weighted by Gasteiger charge is 2.39. The van der Waals surface area contributed by atoms with Gasteiger partial charge in [-0.1, -0.05) is 58.4 Å². The zero-order valence-electron chi connectivity index (χ0n) is 13.3. The summed E-state index contributed by atoms with van der Waals surface area (Å²) >= 11 is 5.03. The molecule has 0 aliphatic carbocycles. The van der Waals surface area contributed by atoms with Crippen molar-refractivity contribution in [3.05, 3.63) is 82.2 Å². The summed E-state index contributed by atoms with van der Waals surface area (Å²) in [7, 11) is 0. The molecule has 2 atom stereocenters. The van der Waals surface area contributed by atoms with Crippen LogP contribution in [0.15, 0.2) is 71.1 Å². The van der Waals surface area contributed by atoms with Gasteiger partial charge < -0.3 is 14.4 Å². The SMILES string of the molecule is O=C1CSC(C2=COC(c3cccc(Br)c3)O2)N1Cc1ccccc1. The highest BCUT2D eigenvalue weighted by atomic mass is 79.9. The molecule has 1 fully saturated rings. The lowest BCUT2D eigenvalue weighted by atomic mass is 10.2. The van der Waals surface area contributed by atoms with Crippen LogP contribution in [-0.2, 0) is 20.8 Å². The number of amides is 1. The molecule has 4 rings (SSSR count). The molecular formula is C19H16BrNO3S. The number of ether oxygens (including phenoxy) is 2. The van der Waals surface area contributed by atoms with Crippen molar-refractivity contribution in [1.82, 2.24) is 4.90 Å². The van der Waals surface area contributed by atoms with Gasteiger partial charge in [-0.15, -0.1) is 11.8 Å². The van der Waals surface area contributed by atoms with E-state index < -0.39 is 6.29 Å². The van der Waals surface area contributed by atoms with Gasteiger partial charge in [-0.2, -0.15) is 0 Å². The zero-order chi connectivity index (χ0) is 17.2. The van der Waals surface area contributed by atoms with Gasteiger partial charge >= 0.3 is 0 Å². The number of nitrogens with zero attached hydrogens (tertiary/aromatic N) is 1. The number of hydrogen-bond acceptors (Lipinski definition) is 4. The Balaban J connectivity index is 1.48. The van der Waals surface area contributed by atoms with Gasteiger partial charge in [-0.05, 0) is 17.7 Å². The first-order valence-electron chi connectivity index (χ1n) is 7.93. The van der Waals surface area contributed by atoms with E-state index in [0.717, 1.165) is 15.6 Å². The summed E-state index contributed by atoms with van der Waals surface area (Å²) in [5.41, 5.74) is 2.04. The molecule has 1 saturated heterocycles. The molecule has 4 nitrogen and oxygen atoms in total. The summed E-state index contributed by atoms with van der Waals surface area (Å²) in [6.07, 6.45) is 1.17. The fraction of sp³-hybridized carbons (Fsp3) is 0.211. The average molecular weight is 418 g/mol. The van der Waals surface area contributed by atoms with E-state index in [1.807, 2.05) is 59.5 Å². The molecule has 2 unspecified atom stereocenters. The number of carbonyl (C=O) groups is 1. The van der Waals surface area contributed by atoms with E-state index in [0.29, 0.717) is 18.1 Å². The Kier molecular flexibility index (Phi) is 4.72. The summed E-state index contributed by atoms with van der Waals surface area (Å²) in [5.74, 6) is 1.27. The molecule has 2 heterocycles. The Bertz CT molecular complexity index is 811. The number of halogens is 1. The molecule has 6 heteroatoms. The molecule has 0 N–H and O–H groups in total. The van der Waals surface area contributed by atoms with Gasteiger partial charge in [0.1, 0.15) is 11.6 Å². The van der Waals surface area contributed by atoms with Gasteiger partial charge in [0.2, 0.25) is 5.91 Å². The maximum absolute atomic E-state index is 12.3. The second-order valence-electron chi connectivity index (χ2n) is 5.83. The van der Waals surface area contributed by atoms with Crippen molar-refractivity contribution in [2.24, 2.45) is 0 Å². The standard InChI is InChI=1S/C19H16BrNO3S/c20-15-8-4-7-14(9-15)19-23-11-16(24-19)18-21(17(22)12-25-18)10-13-5-2-1-3-6-13/h1-9,11,18-19H,10,12H2. The lowest BCUT2D eigenvalue weighted by Gasteiger charge is -2.24. The third-order valence-electron chi connectivity index (χ3n) is 4.08. The quantitative estimate of drug-likeness (QED) is 0.736. The smallest absolute Gasteiger partial charge is 0.266 e. The van der Waals surface area contributed by atoms with Gasteiger partial charge in [0, 0.05) is 16.6 Å². The number of carbonyl (C=O) groups excluding carboxylic acids is 1. The molecule has 2 aromatic rings. The summed E-state index contributed by atoms with van der Waals surface area (Å²) in [6, 6.07) is 17.8. The third kappa shape index (κ3) is 3.55.